The summed E-state index contributed by atoms with van der Waals surface area (Å²) in [5.74, 6) is 2.64. The molecule has 1 atom stereocenters. The zero-order chi connectivity index (χ0) is 17.6. The van der Waals surface area contributed by atoms with Gasteiger partial charge in [-0.15, -0.1) is 11.8 Å². The van der Waals surface area contributed by atoms with E-state index in [9.17, 15) is 4.79 Å². The van der Waals surface area contributed by atoms with Crippen LogP contribution in [0.3, 0.4) is 0 Å². The van der Waals surface area contributed by atoms with Gasteiger partial charge in [-0.1, -0.05) is 30.3 Å². The van der Waals surface area contributed by atoms with Gasteiger partial charge < -0.3 is 14.4 Å². The molecule has 1 amide bonds. The molecule has 0 bridgehead atoms. The summed E-state index contributed by atoms with van der Waals surface area (Å²) < 4.78 is 10.7. The first kappa shape index (κ1) is 17.7. The number of amides is 1. The van der Waals surface area contributed by atoms with Gasteiger partial charge in [-0.2, -0.15) is 0 Å². The number of aryl methyl sites for hydroxylation is 1. The van der Waals surface area contributed by atoms with E-state index in [-0.39, 0.29) is 11.3 Å². The first-order chi connectivity index (χ1) is 12.2. The van der Waals surface area contributed by atoms with Gasteiger partial charge in [0.1, 0.15) is 16.9 Å². The number of ether oxygens (including phenoxy) is 2. The summed E-state index contributed by atoms with van der Waals surface area (Å²) in [6.45, 7) is 0.780. The smallest absolute Gasteiger partial charge is 0.224 e. The fourth-order valence-corrected chi connectivity index (χ4v) is 4.27. The van der Waals surface area contributed by atoms with Crippen molar-refractivity contribution in [2.24, 2.45) is 0 Å². The first-order valence-corrected chi connectivity index (χ1v) is 9.44. The second-order valence-corrected chi connectivity index (χ2v) is 7.13. The summed E-state index contributed by atoms with van der Waals surface area (Å²) in [5, 5.41) is 0.0206. The highest BCUT2D eigenvalue weighted by Gasteiger charge is 2.31. The van der Waals surface area contributed by atoms with Gasteiger partial charge in [0.25, 0.3) is 0 Å². The average Bonchev–Trinajstić information content (AvgIpc) is 3.16. The van der Waals surface area contributed by atoms with E-state index in [4.69, 9.17) is 9.47 Å². The lowest BCUT2D eigenvalue weighted by Gasteiger charge is -2.25. The van der Waals surface area contributed by atoms with Crippen LogP contribution in [0.1, 0.15) is 22.9 Å². The van der Waals surface area contributed by atoms with Crippen molar-refractivity contribution in [2.75, 3.05) is 26.5 Å². The molecular weight excluding hydrogens is 334 g/mol. The maximum Gasteiger partial charge on any atom is 0.224 e. The SMILES string of the molecule is COc1cc(OC)cc([C@@H]2SCCN2C(=O)CCc2ccccc2)c1. The minimum Gasteiger partial charge on any atom is -0.497 e. The Kier molecular flexibility index (Phi) is 5.87. The number of carbonyl (C=O) groups is 1. The number of benzene rings is 2. The molecule has 1 fully saturated rings. The number of nitrogens with zero attached hydrogens (tertiary/aromatic N) is 1. The zero-order valence-corrected chi connectivity index (χ0v) is 15.4. The zero-order valence-electron chi connectivity index (χ0n) is 14.6. The van der Waals surface area contributed by atoms with Crippen LogP contribution in [0.5, 0.6) is 11.5 Å². The highest BCUT2D eigenvalue weighted by molar-refractivity contribution is 7.99. The number of methoxy groups -OCH3 is 2. The molecule has 0 saturated carbocycles. The minimum atomic E-state index is 0.0206. The predicted molar refractivity (Wildman–Crippen MR) is 101 cm³/mol. The van der Waals surface area contributed by atoms with Gasteiger partial charge in [0.05, 0.1) is 14.2 Å². The summed E-state index contributed by atoms with van der Waals surface area (Å²) in [5.41, 5.74) is 2.24. The standard InChI is InChI=1S/C20H23NO3S/c1-23-17-12-16(13-18(14-17)24-2)20-21(10-11-25-20)19(22)9-8-15-6-4-3-5-7-15/h3-7,12-14,20H,8-11H2,1-2H3/t20-/m0/s1. The van der Waals surface area contributed by atoms with Crippen molar-refractivity contribution in [1.29, 1.82) is 0 Å². The Balaban J connectivity index is 1.72. The molecule has 0 aliphatic carbocycles. The molecule has 2 aromatic rings. The van der Waals surface area contributed by atoms with E-state index in [0.717, 1.165) is 35.8 Å². The Labute approximate surface area is 153 Å². The second-order valence-electron chi connectivity index (χ2n) is 5.94. The molecular formula is C20H23NO3S. The van der Waals surface area contributed by atoms with E-state index in [0.29, 0.717) is 6.42 Å². The molecule has 1 heterocycles. The third kappa shape index (κ3) is 4.28. The lowest BCUT2D eigenvalue weighted by Crippen LogP contribution is -2.30. The van der Waals surface area contributed by atoms with E-state index in [1.54, 1.807) is 26.0 Å². The molecule has 0 radical (unpaired) electrons. The number of rotatable bonds is 6. The molecule has 1 aliphatic heterocycles. The van der Waals surface area contributed by atoms with Crippen molar-refractivity contribution in [2.45, 2.75) is 18.2 Å². The topological polar surface area (TPSA) is 38.8 Å². The number of hydrogen-bond acceptors (Lipinski definition) is 4. The summed E-state index contributed by atoms with van der Waals surface area (Å²) in [6, 6.07) is 16.0. The van der Waals surface area contributed by atoms with Crippen LogP contribution in [0.2, 0.25) is 0 Å². The summed E-state index contributed by atoms with van der Waals surface area (Å²) in [6.07, 6.45) is 1.30. The molecule has 1 aliphatic rings. The third-order valence-electron chi connectivity index (χ3n) is 4.34. The molecule has 0 spiro atoms. The largest absolute Gasteiger partial charge is 0.497 e. The van der Waals surface area contributed by atoms with Crippen molar-refractivity contribution in [1.82, 2.24) is 4.90 Å². The van der Waals surface area contributed by atoms with Crippen LogP contribution in [0.25, 0.3) is 0 Å². The van der Waals surface area contributed by atoms with Crippen LogP contribution in [-0.4, -0.2) is 37.3 Å². The van der Waals surface area contributed by atoms with Crippen LogP contribution >= 0.6 is 11.8 Å². The van der Waals surface area contributed by atoms with Gasteiger partial charge in [0.15, 0.2) is 0 Å². The van der Waals surface area contributed by atoms with E-state index < -0.39 is 0 Å². The van der Waals surface area contributed by atoms with E-state index in [2.05, 4.69) is 12.1 Å². The Hall–Kier alpha value is -2.14. The normalized spacial score (nSPS) is 16.7. The van der Waals surface area contributed by atoms with Gasteiger partial charge in [-0.25, -0.2) is 0 Å². The Morgan fingerprint density at radius 3 is 2.44 bits per heavy atom. The predicted octanol–water partition coefficient (Wildman–Crippen LogP) is 3.91. The lowest BCUT2D eigenvalue weighted by atomic mass is 10.1. The molecule has 0 N–H and O–H groups in total. The molecule has 0 unspecified atom stereocenters. The van der Waals surface area contributed by atoms with Gasteiger partial charge in [0, 0.05) is 24.8 Å². The van der Waals surface area contributed by atoms with Crippen molar-refractivity contribution >= 4 is 17.7 Å². The van der Waals surface area contributed by atoms with Crippen LogP contribution in [-0.2, 0) is 11.2 Å². The quantitative estimate of drug-likeness (QED) is 0.786. The van der Waals surface area contributed by atoms with Crippen molar-refractivity contribution < 1.29 is 14.3 Å². The summed E-state index contributed by atoms with van der Waals surface area (Å²) in [4.78, 5) is 14.7. The van der Waals surface area contributed by atoms with Gasteiger partial charge in [-0.05, 0) is 29.7 Å². The summed E-state index contributed by atoms with van der Waals surface area (Å²) >= 11 is 1.79. The minimum absolute atomic E-state index is 0.0206. The van der Waals surface area contributed by atoms with E-state index >= 15 is 0 Å². The monoisotopic (exact) mass is 357 g/mol. The highest BCUT2D eigenvalue weighted by Crippen LogP contribution is 2.40. The number of thioether (sulfide) groups is 1. The molecule has 25 heavy (non-hydrogen) atoms. The second kappa shape index (κ2) is 8.30. The molecule has 4 nitrogen and oxygen atoms in total. The molecule has 1 saturated heterocycles. The number of hydrogen-bond donors (Lipinski definition) is 0. The maximum absolute atomic E-state index is 12.8. The van der Waals surface area contributed by atoms with Crippen molar-refractivity contribution in [3.8, 4) is 11.5 Å². The fraction of sp³-hybridized carbons (Fsp3) is 0.350. The highest BCUT2D eigenvalue weighted by atomic mass is 32.2. The van der Waals surface area contributed by atoms with Gasteiger partial charge >= 0.3 is 0 Å². The maximum atomic E-state index is 12.8. The van der Waals surface area contributed by atoms with Crippen LogP contribution in [0, 0.1) is 0 Å². The van der Waals surface area contributed by atoms with Gasteiger partial charge in [0.2, 0.25) is 5.91 Å². The van der Waals surface area contributed by atoms with Crippen molar-refractivity contribution in [3.05, 3.63) is 59.7 Å². The molecule has 3 rings (SSSR count). The Bertz CT molecular complexity index is 698. The number of carbonyl (C=O) groups excluding carboxylic acids is 1. The molecule has 132 valence electrons. The molecule has 2 aromatic carbocycles. The van der Waals surface area contributed by atoms with E-state index in [1.807, 2.05) is 41.3 Å². The van der Waals surface area contributed by atoms with Crippen LogP contribution < -0.4 is 9.47 Å². The average molecular weight is 357 g/mol. The lowest BCUT2D eigenvalue weighted by molar-refractivity contribution is -0.131. The van der Waals surface area contributed by atoms with Gasteiger partial charge in [-0.3, -0.25) is 4.79 Å². The first-order valence-electron chi connectivity index (χ1n) is 8.39. The molecule has 5 heteroatoms. The van der Waals surface area contributed by atoms with Crippen molar-refractivity contribution in [3.63, 3.8) is 0 Å². The van der Waals surface area contributed by atoms with Crippen LogP contribution in [0.4, 0.5) is 0 Å². The Morgan fingerprint density at radius 1 is 1.12 bits per heavy atom. The third-order valence-corrected chi connectivity index (χ3v) is 5.60. The molecule has 0 aromatic heterocycles. The Morgan fingerprint density at radius 2 is 1.80 bits per heavy atom. The van der Waals surface area contributed by atoms with Crippen LogP contribution in [0.15, 0.2) is 48.5 Å². The summed E-state index contributed by atoms with van der Waals surface area (Å²) in [7, 11) is 3.28. The fourth-order valence-electron chi connectivity index (χ4n) is 3.01. The van der Waals surface area contributed by atoms with E-state index in [1.165, 1.54) is 5.56 Å².